The van der Waals surface area contributed by atoms with E-state index in [1.165, 1.54) is 30.3 Å². The van der Waals surface area contributed by atoms with E-state index in [9.17, 15) is 19.2 Å². The van der Waals surface area contributed by atoms with E-state index >= 15 is 0 Å². The Balaban J connectivity index is 1.39. The van der Waals surface area contributed by atoms with Gasteiger partial charge in [0.1, 0.15) is 6.04 Å². The largest absolute Gasteiger partial charge is 0.292 e. The smallest absolute Gasteiger partial charge is 0.275 e. The molecule has 226 valence electrons. The molecule has 3 atom stereocenters. The molecule has 1 aliphatic heterocycles. The Morgan fingerprint density at radius 1 is 0.711 bits per heavy atom. The van der Waals surface area contributed by atoms with Crippen LogP contribution in [0.2, 0.25) is 15.1 Å². The quantitative estimate of drug-likeness (QED) is 0.114. The first kappa shape index (κ1) is 30.0. The number of hydrogen-bond acceptors (Lipinski definition) is 4. The highest BCUT2D eigenvalue weighted by Crippen LogP contribution is 2.61. The molecule has 1 fully saturated rings. The average molecular weight is 678 g/mol. The molecule has 3 amide bonds. The Morgan fingerprint density at radius 2 is 1.20 bits per heavy atom. The van der Waals surface area contributed by atoms with E-state index in [0.29, 0.717) is 10.0 Å². The predicted octanol–water partition coefficient (Wildman–Crippen LogP) is 7.78. The Labute approximate surface area is 279 Å². The normalized spacial score (nSPS) is 21.6. The van der Waals surface area contributed by atoms with E-state index < -0.39 is 53.2 Å². The minimum atomic E-state index is -1.31. The predicted molar refractivity (Wildman–Crippen MR) is 173 cm³/mol. The summed E-state index contributed by atoms with van der Waals surface area (Å²) in [5.74, 6) is -4.78. The first-order valence-electron chi connectivity index (χ1n) is 14.4. The number of nitrogens with zero attached hydrogens (tertiary/aromatic N) is 2. The molecule has 8 rings (SSSR count). The Bertz CT molecular complexity index is 1780. The Morgan fingerprint density at radius 3 is 1.67 bits per heavy atom. The van der Waals surface area contributed by atoms with Crippen LogP contribution < -0.4 is 0 Å². The summed E-state index contributed by atoms with van der Waals surface area (Å²) in [6.45, 7) is 0. The molecule has 1 saturated heterocycles. The maximum Gasteiger partial charge on any atom is 0.275 e. The number of carbonyl (C=O) groups is 4. The lowest BCUT2D eigenvalue weighted by Gasteiger charge is -2.45. The van der Waals surface area contributed by atoms with Gasteiger partial charge in [-0.3, -0.25) is 19.2 Å². The van der Waals surface area contributed by atoms with Gasteiger partial charge < -0.3 is 0 Å². The molecule has 0 radical (unpaired) electrons. The van der Waals surface area contributed by atoms with Crippen LogP contribution in [0.1, 0.15) is 61.2 Å². The van der Waals surface area contributed by atoms with Crippen LogP contribution in [0.25, 0.3) is 0 Å². The van der Waals surface area contributed by atoms with E-state index in [-0.39, 0.29) is 28.5 Å². The molecule has 3 aliphatic carbocycles. The summed E-state index contributed by atoms with van der Waals surface area (Å²) in [5.41, 5.74) is 4.16. The fourth-order valence-electron chi connectivity index (χ4n) is 7.31. The van der Waals surface area contributed by atoms with E-state index in [1.807, 2.05) is 48.5 Å². The molecule has 4 aromatic rings. The van der Waals surface area contributed by atoms with Crippen LogP contribution in [-0.2, 0) is 9.59 Å². The highest BCUT2D eigenvalue weighted by Gasteiger charge is 2.63. The van der Waals surface area contributed by atoms with Crippen molar-refractivity contribution in [1.82, 2.24) is 10.0 Å². The van der Waals surface area contributed by atoms with Crippen molar-refractivity contribution in [2.75, 3.05) is 5.88 Å². The van der Waals surface area contributed by atoms with E-state index in [1.54, 1.807) is 12.1 Å². The summed E-state index contributed by atoms with van der Waals surface area (Å²) in [4.78, 5) is 58.0. The Hall–Kier alpha value is -3.68. The number of hydrazine groups is 1. The van der Waals surface area contributed by atoms with Crippen LogP contribution in [-0.4, -0.2) is 45.4 Å². The average Bonchev–Trinajstić information content (AvgIpc) is 3.30. The van der Waals surface area contributed by atoms with Crippen LogP contribution in [0, 0.1) is 11.8 Å². The summed E-state index contributed by atoms with van der Waals surface area (Å²) in [6.07, 6.45) is -0.0420. The molecular formula is C35H24Cl4N2O4. The first-order valence-corrected chi connectivity index (χ1v) is 16.1. The number of hydrogen-bond donors (Lipinski definition) is 0. The molecule has 0 spiro atoms. The van der Waals surface area contributed by atoms with Crippen molar-refractivity contribution >= 4 is 69.9 Å². The van der Waals surface area contributed by atoms with Gasteiger partial charge in [-0.05, 0) is 71.1 Å². The van der Waals surface area contributed by atoms with E-state index in [4.69, 9.17) is 46.4 Å². The second-order valence-corrected chi connectivity index (χ2v) is 13.0. The minimum Gasteiger partial charge on any atom is -0.292 e. The molecule has 45 heavy (non-hydrogen) atoms. The number of ketones is 1. The molecule has 4 aliphatic rings. The van der Waals surface area contributed by atoms with Gasteiger partial charge in [0.25, 0.3) is 17.7 Å². The lowest BCUT2D eigenvalue weighted by atomic mass is 9.55. The van der Waals surface area contributed by atoms with E-state index in [2.05, 4.69) is 0 Å². The SMILES string of the molecule is O=C(c1ccc(Cl)cc1)[C@H](CCCl)N(C(=O)c1ccc(Cl)cc1Cl)N1C(=O)[C@@H]2C3c4ccccc4C(c4ccccc43)[C@@H]2C1=O. The van der Waals surface area contributed by atoms with Gasteiger partial charge in [-0.25, -0.2) is 5.01 Å². The Kier molecular flexibility index (Phi) is 7.73. The molecule has 6 nitrogen and oxygen atoms in total. The topological polar surface area (TPSA) is 74.8 Å². The standard InChI is InChI=1S/C35H24Cl4N2O4/c36-16-15-27(32(42)18-9-11-19(37)12-10-18)40(33(43)25-14-13-20(38)17-26(25)39)41-34(44)30-28-21-5-1-2-6-22(21)29(31(30)35(41)45)24-8-4-3-7-23(24)28/h1-14,17,27-31H,15-16H2/t27-,28?,29?,30-,31+/m0/s1. The molecular weight excluding hydrogens is 654 g/mol. The molecule has 0 aromatic heterocycles. The van der Waals surface area contributed by atoms with Crippen molar-refractivity contribution in [2.45, 2.75) is 24.3 Å². The van der Waals surface area contributed by atoms with Gasteiger partial charge in [0.05, 0.1) is 22.4 Å². The third kappa shape index (κ3) is 4.69. The lowest BCUT2D eigenvalue weighted by Crippen LogP contribution is -2.57. The molecule has 0 saturated carbocycles. The summed E-state index contributed by atoms with van der Waals surface area (Å²) in [7, 11) is 0. The fraction of sp³-hybridized carbons (Fsp3) is 0.200. The summed E-state index contributed by atoms with van der Waals surface area (Å²) < 4.78 is 0. The van der Waals surface area contributed by atoms with Gasteiger partial charge in [-0.1, -0.05) is 83.3 Å². The van der Waals surface area contributed by atoms with Gasteiger partial charge in [0, 0.05) is 33.3 Å². The van der Waals surface area contributed by atoms with Crippen molar-refractivity contribution in [3.63, 3.8) is 0 Å². The summed E-state index contributed by atoms with van der Waals surface area (Å²) in [6, 6.07) is 24.9. The molecule has 0 unspecified atom stereocenters. The molecule has 2 bridgehead atoms. The number of rotatable bonds is 7. The van der Waals surface area contributed by atoms with Crippen molar-refractivity contribution in [3.05, 3.63) is 139 Å². The fourth-order valence-corrected chi connectivity index (χ4v) is 8.13. The van der Waals surface area contributed by atoms with Crippen LogP contribution in [0.15, 0.2) is 91.0 Å². The number of imide groups is 1. The van der Waals surface area contributed by atoms with E-state index in [0.717, 1.165) is 32.3 Å². The number of halogens is 4. The maximum atomic E-state index is 14.7. The second kappa shape index (κ2) is 11.6. The van der Waals surface area contributed by atoms with Crippen LogP contribution in [0.4, 0.5) is 0 Å². The van der Waals surface area contributed by atoms with Gasteiger partial charge in [0.15, 0.2) is 5.78 Å². The molecule has 4 aromatic carbocycles. The van der Waals surface area contributed by atoms with Crippen molar-refractivity contribution < 1.29 is 19.2 Å². The van der Waals surface area contributed by atoms with Crippen LogP contribution >= 0.6 is 46.4 Å². The van der Waals surface area contributed by atoms with Gasteiger partial charge >= 0.3 is 0 Å². The van der Waals surface area contributed by atoms with Crippen molar-refractivity contribution in [3.8, 4) is 0 Å². The zero-order valence-corrected chi connectivity index (χ0v) is 26.5. The molecule has 1 heterocycles. The molecule has 0 N–H and O–H groups in total. The minimum absolute atomic E-state index is 0.0115. The zero-order valence-electron chi connectivity index (χ0n) is 23.5. The third-order valence-electron chi connectivity index (χ3n) is 9.12. The van der Waals surface area contributed by atoms with Crippen molar-refractivity contribution in [1.29, 1.82) is 0 Å². The van der Waals surface area contributed by atoms with Crippen molar-refractivity contribution in [2.24, 2.45) is 11.8 Å². The monoisotopic (exact) mass is 676 g/mol. The summed E-state index contributed by atoms with van der Waals surface area (Å²) >= 11 is 24.9. The number of amides is 3. The zero-order chi connectivity index (χ0) is 31.6. The first-order chi connectivity index (χ1) is 21.7. The van der Waals surface area contributed by atoms with Gasteiger partial charge in [-0.2, -0.15) is 5.01 Å². The highest BCUT2D eigenvalue weighted by molar-refractivity contribution is 6.37. The van der Waals surface area contributed by atoms with Gasteiger partial charge in [0.2, 0.25) is 0 Å². The number of benzene rings is 4. The molecule has 10 heteroatoms. The summed E-state index contributed by atoms with van der Waals surface area (Å²) in [5, 5.41) is 2.60. The third-order valence-corrected chi connectivity index (χ3v) is 10.1. The lowest BCUT2D eigenvalue weighted by molar-refractivity contribution is -0.156. The van der Waals surface area contributed by atoms with Crippen LogP contribution in [0.5, 0.6) is 0 Å². The van der Waals surface area contributed by atoms with Crippen LogP contribution in [0.3, 0.4) is 0 Å². The second-order valence-electron chi connectivity index (χ2n) is 11.4. The number of Topliss-reactive ketones (excluding diaryl/α,β-unsaturated/α-hetero) is 1. The highest BCUT2D eigenvalue weighted by atomic mass is 35.5. The maximum absolute atomic E-state index is 14.7. The number of carbonyl (C=O) groups excluding carboxylic acids is 4. The van der Waals surface area contributed by atoms with Gasteiger partial charge in [-0.15, -0.1) is 11.6 Å². The number of alkyl halides is 1.